The Kier molecular flexibility index (Phi) is 9.96. The van der Waals surface area contributed by atoms with Crippen LogP contribution in [0.15, 0.2) is 47.0 Å². The SMILES string of the molecule is COc1ccc(OC)c(Cc2ccc(C(=O)NCC3CCCC(CNc4nccc(NCC5CCCO5)n4)C3)o2)c1. The Labute approximate surface area is 241 Å². The second kappa shape index (κ2) is 14.2. The van der Waals surface area contributed by atoms with Gasteiger partial charge >= 0.3 is 0 Å². The van der Waals surface area contributed by atoms with Crippen molar-refractivity contribution in [2.75, 3.05) is 51.1 Å². The number of carbonyl (C=O) groups excluding carboxylic acids is 1. The molecule has 1 saturated heterocycles. The summed E-state index contributed by atoms with van der Waals surface area (Å²) < 4.78 is 22.4. The van der Waals surface area contributed by atoms with Gasteiger partial charge in [0, 0.05) is 44.4 Å². The van der Waals surface area contributed by atoms with Crippen LogP contribution in [0.25, 0.3) is 0 Å². The fourth-order valence-corrected chi connectivity index (χ4v) is 5.70. The number of hydrogen-bond acceptors (Lipinski definition) is 9. The topological polar surface area (TPSA) is 120 Å². The molecule has 220 valence electrons. The Morgan fingerprint density at radius 3 is 2.66 bits per heavy atom. The predicted octanol–water partition coefficient (Wildman–Crippen LogP) is 4.92. The van der Waals surface area contributed by atoms with Crippen molar-refractivity contribution >= 4 is 17.7 Å². The minimum atomic E-state index is -0.185. The summed E-state index contributed by atoms with van der Waals surface area (Å²) in [5.41, 5.74) is 0.932. The lowest BCUT2D eigenvalue weighted by atomic mass is 9.81. The molecule has 3 atom stereocenters. The van der Waals surface area contributed by atoms with E-state index in [4.69, 9.17) is 18.6 Å². The van der Waals surface area contributed by atoms with Gasteiger partial charge in [0.25, 0.3) is 5.91 Å². The van der Waals surface area contributed by atoms with Crippen LogP contribution in [0.4, 0.5) is 11.8 Å². The van der Waals surface area contributed by atoms with Crippen LogP contribution >= 0.6 is 0 Å². The van der Waals surface area contributed by atoms with E-state index < -0.39 is 0 Å². The third-order valence-electron chi connectivity index (χ3n) is 7.92. The van der Waals surface area contributed by atoms with Gasteiger partial charge in [0.05, 0.1) is 20.3 Å². The maximum absolute atomic E-state index is 12.8. The highest BCUT2D eigenvalue weighted by molar-refractivity contribution is 5.91. The second-order valence-corrected chi connectivity index (χ2v) is 10.9. The molecule has 2 aromatic heterocycles. The largest absolute Gasteiger partial charge is 0.497 e. The molecule has 0 spiro atoms. The van der Waals surface area contributed by atoms with Crippen LogP contribution in [-0.2, 0) is 11.2 Å². The predicted molar refractivity (Wildman–Crippen MR) is 157 cm³/mol. The maximum Gasteiger partial charge on any atom is 0.287 e. The van der Waals surface area contributed by atoms with E-state index in [0.29, 0.717) is 42.3 Å². The van der Waals surface area contributed by atoms with E-state index in [1.807, 2.05) is 30.3 Å². The summed E-state index contributed by atoms with van der Waals surface area (Å²) >= 11 is 0. The summed E-state index contributed by atoms with van der Waals surface area (Å²) in [4.78, 5) is 21.8. The van der Waals surface area contributed by atoms with Gasteiger partial charge < -0.3 is 34.6 Å². The third kappa shape index (κ3) is 8.13. The van der Waals surface area contributed by atoms with Crippen LogP contribution in [0.5, 0.6) is 11.5 Å². The van der Waals surface area contributed by atoms with Crippen molar-refractivity contribution in [3.8, 4) is 11.5 Å². The molecule has 1 amide bonds. The number of anilines is 2. The number of methoxy groups -OCH3 is 2. The molecular formula is C31H41N5O5. The molecule has 3 unspecified atom stereocenters. The number of nitrogens with zero attached hydrogens (tertiary/aromatic N) is 2. The molecule has 3 aromatic rings. The van der Waals surface area contributed by atoms with Gasteiger partial charge in [-0.1, -0.05) is 6.42 Å². The number of aromatic nitrogens is 2. The molecule has 3 heterocycles. The molecule has 10 heteroatoms. The van der Waals surface area contributed by atoms with E-state index >= 15 is 0 Å². The summed E-state index contributed by atoms with van der Waals surface area (Å²) in [6.45, 7) is 3.06. The molecular weight excluding hydrogens is 522 g/mol. The van der Waals surface area contributed by atoms with Gasteiger partial charge in [-0.25, -0.2) is 4.98 Å². The minimum absolute atomic E-state index is 0.185. The first-order valence-corrected chi connectivity index (χ1v) is 14.6. The van der Waals surface area contributed by atoms with E-state index in [2.05, 4.69) is 25.9 Å². The van der Waals surface area contributed by atoms with Crippen molar-refractivity contribution in [3.05, 3.63) is 59.7 Å². The van der Waals surface area contributed by atoms with Gasteiger partial charge in [0.1, 0.15) is 23.1 Å². The molecule has 0 radical (unpaired) electrons. The van der Waals surface area contributed by atoms with Crippen molar-refractivity contribution in [2.45, 2.75) is 51.0 Å². The van der Waals surface area contributed by atoms with Gasteiger partial charge in [0.2, 0.25) is 5.95 Å². The zero-order valence-electron chi connectivity index (χ0n) is 24.0. The number of furan rings is 1. The highest BCUT2D eigenvalue weighted by Gasteiger charge is 2.23. The highest BCUT2D eigenvalue weighted by Crippen LogP contribution is 2.29. The first-order chi connectivity index (χ1) is 20.1. The average Bonchev–Trinajstić information content (AvgIpc) is 3.71. The Bertz CT molecular complexity index is 1280. The number of hydrogen-bond donors (Lipinski definition) is 3. The van der Waals surface area contributed by atoms with Crippen LogP contribution in [-0.4, -0.2) is 62.4 Å². The van der Waals surface area contributed by atoms with Gasteiger partial charge in [0.15, 0.2) is 5.76 Å². The van der Waals surface area contributed by atoms with Crippen molar-refractivity contribution in [1.29, 1.82) is 0 Å². The molecule has 1 aliphatic heterocycles. The Morgan fingerprint density at radius 2 is 1.85 bits per heavy atom. The van der Waals surface area contributed by atoms with Gasteiger partial charge in [-0.3, -0.25) is 4.79 Å². The molecule has 2 aliphatic rings. The van der Waals surface area contributed by atoms with E-state index in [1.54, 1.807) is 26.5 Å². The lowest BCUT2D eigenvalue weighted by Crippen LogP contribution is -2.33. The maximum atomic E-state index is 12.8. The molecule has 1 aliphatic carbocycles. The quantitative estimate of drug-likeness (QED) is 0.266. The van der Waals surface area contributed by atoms with E-state index in [0.717, 1.165) is 81.1 Å². The van der Waals surface area contributed by atoms with E-state index in [9.17, 15) is 4.79 Å². The zero-order valence-corrected chi connectivity index (χ0v) is 24.0. The van der Waals surface area contributed by atoms with Crippen molar-refractivity contribution in [3.63, 3.8) is 0 Å². The molecule has 10 nitrogen and oxygen atoms in total. The van der Waals surface area contributed by atoms with Crippen LogP contribution in [0.3, 0.4) is 0 Å². The number of nitrogens with one attached hydrogen (secondary N) is 3. The van der Waals surface area contributed by atoms with Crippen LogP contribution in [0.1, 0.15) is 60.4 Å². The highest BCUT2D eigenvalue weighted by atomic mass is 16.5. The fourth-order valence-electron chi connectivity index (χ4n) is 5.70. The summed E-state index contributed by atoms with van der Waals surface area (Å²) in [5.74, 6) is 4.70. The molecule has 41 heavy (non-hydrogen) atoms. The smallest absolute Gasteiger partial charge is 0.287 e. The number of benzene rings is 1. The number of ether oxygens (including phenoxy) is 3. The number of rotatable bonds is 13. The lowest BCUT2D eigenvalue weighted by Gasteiger charge is -2.29. The fraction of sp³-hybridized carbons (Fsp3) is 0.516. The van der Waals surface area contributed by atoms with Crippen LogP contribution < -0.4 is 25.4 Å². The van der Waals surface area contributed by atoms with Crippen LogP contribution in [0.2, 0.25) is 0 Å². The summed E-state index contributed by atoms with van der Waals surface area (Å²) in [5, 5.41) is 9.87. The van der Waals surface area contributed by atoms with Gasteiger partial charge in [-0.2, -0.15) is 4.98 Å². The lowest BCUT2D eigenvalue weighted by molar-refractivity contribution is 0.0911. The summed E-state index contributed by atoms with van der Waals surface area (Å²) in [6.07, 6.45) is 9.21. The molecule has 3 N–H and O–H groups in total. The monoisotopic (exact) mass is 563 g/mol. The molecule has 0 bridgehead atoms. The molecule has 2 fully saturated rings. The van der Waals surface area contributed by atoms with Crippen LogP contribution in [0, 0.1) is 11.8 Å². The van der Waals surface area contributed by atoms with Crippen molar-refractivity contribution < 1.29 is 23.4 Å². The van der Waals surface area contributed by atoms with Crippen molar-refractivity contribution in [2.24, 2.45) is 11.8 Å². The Balaban J connectivity index is 1.06. The number of carbonyl (C=O) groups is 1. The van der Waals surface area contributed by atoms with E-state index in [1.165, 1.54) is 0 Å². The Hall–Kier alpha value is -3.79. The molecule has 1 aromatic carbocycles. The minimum Gasteiger partial charge on any atom is -0.497 e. The molecule has 1 saturated carbocycles. The van der Waals surface area contributed by atoms with E-state index in [-0.39, 0.29) is 12.0 Å². The first kappa shape index (κ1) is 28.7. The van der Waals surface area contributed by atoms with Gasteiger partial charge in [-0.05, 0) is 80.3 Å². The first-order valence-electron chi connectivity index (χ1n) is 14.6. The van der Waals surface area contributed by atoms with Crippen molar-refractivity contribution in [1.82, 2.24) is 15.3 Å². The summed E-state index contributed by atoms with van der Waals surface area (Å²) in [7, 11) is 3.27. The average molecular weight is 564 g/mol. The normalized spacial score (nSPS) is 20.4. The standard InChI is InChI=1S/C31H41N5O5/c1-38-24-8-10-27(39-2)23(16-24)17-25-9-11-28(41-25)30(37)34-18-21-5-3-6-22(15-21)19-35-31-32-13-12-29(36-31)33-20-26-7-4-14-40-26/h8-13,16,21-22,26H,3-7,14-15,17-20H2,1-2H3,(H,34,37)(H2,32,33,35,36). The Morgan fingerprint density at radius 1 is 0.976 bits per heavy atom. The number of amides is 1. The third-order valence-corrected chi connectivity index (χ3v) is 7.92. The zero-order chi connectivity index (χ0) is 28.4. The van der Waals surface area contributed by atoms with Gasteiger partial charge in [-0.15, -0.1) is 0 Å². The molecule has 5 rings (SSSR count). The summed E-state index contributed by atoms with van der Waals surface area (Å²) in [6, 6.07) is 11.1. The second-order valence-electron chi connectivity index (χ2n) is 10.9.